The number of halogens is 1. The first-order valence-corrected chi connectivity index (χ1v) is 5.12. The van der Waals surface area contributed by atoms with Crippen LogP contribution in [0.15, 0.2) is 29.8 Å². The van der Waals surface area contributed by atoms with Crippen LogP contribution in [0.3, 0.4) is 0 Å². The van der Waals surface area contributed by atoms with Crippen molar-refractivity contribution in [3.63, 3.8) is 0 Å². The average Bonchev–Trinajstić information content (AvgIpc) is 2.25. The lowest BCUT2D eigenvalue weighted by atomic mass is 10.1. The minimum Gasteiger partial charge on any atom is -0.309 e. The first-order chi connectivity index (χ1) is 8.00. The summed E-state index contributed by atoms with van der Waals surface area (Å²) in [4.78, 5) is 25.5. The Morgan fingerprint density at radius 3 is 2.71 bits per heavy atom. The molecule has 1 rings (SSSR count). The van der Waals surface area contributed by atoms with Crippen molar-refractivity contribution in [1.29, 1.82) is 0 Å². The monoisotopic (exact) mass is 255 g/mol. The fraction of sp³-hybridized carbons (Fsp3) is 0.182. The SMILES string of the molecule is CC(=O)/C(=C/c1ccccc1Cl)CO[N+](=O)[O-]. The van der Waals surface area contributed by atoms with Gasteiger partial charge in [0.2, 0.25) is 0 Å². The van der Waals surface area contributed by atoms with Gasteiger partial charge in [-0.05, 0) is 24.6 Å². The Morgan fingerprint density at radius 1 is 1.53 bits per heavy atom. The smallest absolute Gasteiger partial charge is 0.294 e. The van der Waals surface area contributed by atoms with E-state index in [4.69, 9.17) is 11.6 Å². The topological polar surface area (TPSA) is 69.4 Å². The first-order valence-electron chi connectivity index (χ1n) is 4.74. The molecule has 1 aromatic rings. The van der Waals surface area contributed by atoms with Crippen LogP contribution in [0.25, 0.3) is 6.08 Å². The number of benzene rings is 1. The van der Waals surface area contributed by atoms with Gasteiger partial charge < -0.3 is 4.84 Å². The van der Waals surface area contributed by atoms with Gasteiger partial charge in [-0.1, -0.05) is 29.8 Å². The Labute approximate surface area is 103 Å². The number of hydrogen-bond acceptors (Lipinski definition) is 4. The molecule has 5 nitrogen and oxygen atoms in total. The molecule has 0 unspecified atom stereocenters. The van der Waals surface area contributed by atoms with E-state index in [2.05, 4.69) is 4.84 Å². The molecule has 0 spiro atoms. The van der Waals surface area contributed by atoms with E-state index in [0.29, 0.717) is 10.6 Å². The van der Waals surface area contributed by atoms with E-state index in [-0.39, 0.29) is 18.0 Å². The minimum atomic E-state index is -0.941. The number of carbonyl (C=O) groups is 1. The highest BCUT2D eigenvalue weighted by atomic mass is 35.5. The van der Waals surface area contributed by atoms with Gasteiger partial charge in [0.25, 0.3) is 5.09 Å². The summed E-state index contributed by atoms with van der Waals surface area (Å²) in [5, 5.41) is 9.59. The second-order valence-corrected chi connectivity index (χ2v) is 3.65. The normalized spacial score (nSPS) is 11.1. The van der Waals surface area contributed by atoms with Gasteiger partial charge in [0.15, 0.2) is 5.78 Å². The van der Waals surface area contributed by atoms with E-state index in [1.165, 1.54) is 13.0 Å². The van der Waals surface area contributed by atoms with Crippen molar-refractivity contribution in [1.82, 2.24) is 0 Å². The summed E-state index contributed by atoms with van der Waals surface area (Å²) in [6.45, 7) is 0.930. The van der Waals surface area contributed by atoms with Crippen molar-refractivity contribution in [3.8, 4) is 0 Å². The van der Waals surface area contributed by atoms with Crippen molar-refractivity contribution >= 4 is 23.5 Å². The largest absolute Gasteiger partial charge is 0.309 e. The van der Waals surface area contributed by atoms with E-state index in [0.717, 1.165) is 0 Å². The van der Waals surface area contributed by atoms with Crippen LogP contribution in [0.1, 0.15) is 12.5 Å². The summed E-state index contributed by atoms with van der Waals surface area (Å²) in [5.41, 5.74) is 0.807. The van der Waals surface area contributed by atoms with Crippen LogP contribution in [-0.4, -0.2) is 17.5 Å². The summed E-state index contributed by atoms with van der Waals surface area (Å²) in [6, 6.07) is 6.88. The maximum atomic E-state index is 11.3. The van der Waals surface area contributed by atoms with E-state index < -0.39 is 5.09 Å². The van der Waals surface area contributed by atoms with Gasteiger partial charge in [-0.3, -0.25) is 4.79 Å². The van der Waals surface area contributed by atoms with Crippen molar-refractivity contribution in [3.05, 3.63) is 50.5 Å². The Morgan fingerprint density at radius 2 is 2.18 bits per heavy atom. The molecule has 0 aromatic heterocycles. The van der Waals surface area contributed by atoms with Crippen molar-refractivity contribution < 1.29 is 14.7 Å². The number of ketones is 1. The summed E-state index contributed by atoms with van der Waals surface area (Å²) in [5.74, 6) is -0.299. The Balaban J connectivity index is 2.94. The maximum absolute atomic E-state index is 11.3. The molecule has 0 saturated carbocycles. The standard InChI is InChI=1S/C11H10ClNO4/c1-8(14)10(7-17-13(15)16)6-9-4-2-3-5-11(9)12/h2-6H,7H2,1H3/b10-6+. The molecule has 0 N–H and O–H groups in total. The lowest BCUT2D eigenvalue weighted by Gasteiger charge is -2.03. The van der Waals surface area contributed by atoms with Crippen LogP contribution in [-0.2, 0) is 9.63 Å². The zero-order valence-corrected chi connectivity index (χ0v) is 9.81. The highest BCUT2D eigenvalue weighted by molar-refractivity contribution is 6.32. The van der Waals surface area contributed by atoms with Crippen LogP contribution >= 0.6 is 11.6 Å². The Hall–Kier alpha value is -1.88. The van der Waals surface area contributed by atoms with Gasteiger partial charge in [-0.25, -0.2) is 0 Å². The van der Waals surface area contributed by atoms with Gasteiger partial charge in [-0.15, -0.1) is 10.1 Å². The molecular weight excluding hydrogens is 246 g/mol. The van der Waals surface area contributed by atoms with E-state index >= 15 is 0 Å². The second kappa shape index (κ2) is 6.00. The third kappa shape index (κ3) is 4.24. The lowest BCUT2D eigenvalue weighted by molar-refractivity contribution is -0.755. The third-order valence-electron chi connectivity index (χ3n) is 2.01. The molecule has 90 valence electrons. The maximum Gasteiger partial charge on any atom is 0.294 e. The molecule has 1 aromatic carbocycles. The molecule has 0 heterocycles. The summed E-state index contributed by atoms with van der Waals surface area (Å²) in [6.07, 6.45) is 1.48. The predicted molar refractivity (Wildman–Crippen MR) is 63.1 cm³/mol. The highest BCUT2D eigenvalue weighted by Crippen LogP contribution is 2.18. The zero-order chi connectivity index (χ0) is 12.8. The number of carbonyl (C=O) groups excluding carboxylic acids is 1. The van der Waals surface area contributed by atoms with Crippen molar-refractivity contribution in [2.45, 2.75) is 6.92 Å². The van der Waals surface area contributed by atoms with Gasteiger partial charge in [0, 0.05) is 10.6 Å². The van der Waals surface area contributed by atoms with Crippen LogP contribution in [0.4, 0.5) is 0 Å². The Bertz CT molecular complexity index is 470. The van der Waals surface area contributed by atoms with Gasteiger partial charge in [0.1, 0.15) is 6.61 Å². The van der Waals surface area contributed by atoms with E-state index in [1.54, 1.807) is 24.3 Å². The molecule has 0 saturated heterocycles. The summed E-state index contributed by atoms with van der Waals surface area (Å²) < 4.78 is 0. The molecule has 0 aliphatic heterocycles. The first kappa shape index (κ1) is 13.2. The average molecular weight is 256 g/mol. The quantitative estimate of drug-likeness (QED) is 0.460. The minimum absolute atomic E-state index is 0.190. The molecule has 0 atom stereocenters. The molecular formula is C11H10ClNO4. The fourth-order valence-corrected chi connectivity index (χ4v) is 1.34. The van der Waals surface area contributed by atoms with Gasteiger partial charge in [-0.2, -0.15) is 0 Å². The number of rotatable bonds is 5. The van der Waals surface area contributed by atoms with Gasteiger partial charge in [0.05, 0.1) is 0 Å². The van der Waals surface area contributed by atoms with E-state index in [1.807, 2.05) is 0 Å². The fourth-order valence-electron chi connectivity index (χ4n) is 1.15. The van der Waals surface area contributed by atoms with Crippen molar-refractivity contribution in [2.75, 3.05) is 6.61 Å². The van der Waals surface area contributed by atoms with Crippen molar-refractivity contribution in [2.24, 2.45) is 0 Å². The highest BCUT2D eigenvalue weighted by Gasteiger charge is 2.08. The zero-order valence-electron chi connectivity index (χ0n) is 9.05. The molecule has 0 bridgehead atoms. The van der Waals surface area contributed by atoms with Gasteiger partial charge >= 0.3 is 0 Å². The number of Topliss-reactive ketones (excluding diaryl/α,β-unsaturated/α-hetero) is 1. The Kier molecular flexibility index (Phi) is 4.66. The molecule has 0 radical (unpaired) electrons. The van der Waals surface area contributed by atoms with Crippen LogP contribution in [0.2, 0.25) is 5.02 Å². The predicted octanol–water partition coefficient (Wildman–Crippen LogP) is 2.52. The molecule has 17 heavy (non-hydrogen) atoms. The summed E-state index contributed by atoms with van der Waals surface area (Å²) >= 11 is 5.91. The third-order valence-corrected chi connectivity index (χ3v) is 2.36. The molecule has 0 amide bonds. The molecule has 0 fully saturated rings. The van der Waals surface area contributed by atoms with E-state index in [9.17, 15) is 14.9 Å². The van der Waals surface area contributed by atoms with Crippen LogP contribution in [0.5, 0.6) is 0 Å². The number of hydrogen-bond donors (Lipinski definition) is 0. The molecule has 0 aliphatic rings. The number of nitrogens with zero attached hydrogens (tertiary/aromatic N) is 1. The van der Waals surface area contributed by atoms with Crippen LogP contribution in [0, 0.1) is 10.1 Å². The lowest BCUT2D eigenvalue weighted by Crippen LogP contribution is -2.09. The molecule has 0 aliphatic carbocycles. The van der Waals surface area contributed by atoms with Crippen LogP contribution < -0.4 is 0 Å². The molecule has 6 heteroatoms. The second-order valence-electron chi connectivity index (χ2n) is 3.24. The summed E-state index contributed by atoms with van der Waals surface area (Å²) in [7, 11) is 0.